The average Bonchev–Trinajstić information content (AvgIpc) is 3.39. The zero-order valence-electron chi connectivity index (χ0n) is 20.2. The summed E-state index contributed by atoms with van der Waals surface area (Å²) in [6.45, 7) is 2.65. The van der Waals surface area contributed by atoms with Crippen LogP contribution in [0.4, 0.5) is 4.79 Å². The van der Waals surface area contributed by atoms with Crippen LogP contribution in [0.15, 0.2) is 48.5 Å². The Kier molecular flexibility index (Phi) is 8.06. The number of carboxylic acid groups (broad SMARTS) is 1. The molecule has 3 N–H and O–H groups in total. The van der Waals surface area contributed by atoms with Gasteiger partial charge in [-0.25, -0.2) is 4.79 Å². The van der Waals surface area contributed by atoms with E-state index in [4.69, 9.17) is 9.84 Å². The van der Waals surface area contributed by atoms with Crippen molar-refractivity contribution in [3.8, 4) is 11.1 Å². The fraction of sp³-hybridized carbons (Fsp3) is 0.464. The van der Waals surface area contributed by atoms with Gasteiger partial charge in [-0.3, -0.25) is 9.59 Å². The molecule has 2 aromatic rings. The lowest BCUT2D eigenvalue weighted by molar-refractivity contribution is -0.138. The second-order valence-corrected chi connectivity index (χ2v) is 9.89. The highest BCUT2D eigenvalue weighted by Crippen LogP contribution is 2.44. The van der Waals surface area contributed by atoms with Crippen molar-refractivity contribution in [1.29, 1.82) is 0 Å². The molecule has 4 rings (SSSR count). The molecule has 0 spiro atoms. The van der Waals surface area contributed by atoms with Gasteiger partial charge in [-0.05, 0) is 59.8 Å². The van der Waals surface area contributed by atoms with Crippen molar-refractivity contribution in [2.24, 2.45) is 11.8 Å². The Bertz CT molecular complexity index is 1020. The SMILES string of the molecule is CC(CCNC(=O)CC1CCC(NC(=O)OCC2c3ccccc3-c3ccccc32)C1)CC(=O)O. The summed E-state index contributed by atoms with van der Waals surface area (Å²) in [6, 6.07) is 16.5. The van der Waals surface area contributed by atoms with Gasteiger partial charge in [-0.15, -0.1) is 0 Å². The number of carboxylic acids is 1. The van der Waals surface area contributed by atoms with E-state index >= 15 is 0 Å². The highest BCUT2D eigenvalue weighted by atomic mass is 16.5. The fourth-order valence-corrected chi connectivity index (χ4v) is 5.39. The number of hydrogen-bond donors (Lipinski definition) is 3. The first kappa shape index (κ1) is 24.8. The van der Waals surface area contributed by atoms with Crippen LogP contribution in [0.25, 0.3) is 11.1 Å². The number of rotatable bonds is 10. The van der Waals surface area contributed by atoms with E-state index in [2.05, 4.69) is 34.9 Å². The lowest BCUT2D eigenvalue weighted by Gasteiger charge is -2.17. The van der Waals surface area contributed by atoms with Crippen LogP contribution in [-0.2, 0) is 14.3 Å². The maximum absolute atomic E-state index is 12.5. The molecule has 3 atom stereocenters. The number of ether oxygens (including phenoxy) is 1. The van der Waals surface area contributed by atoms with Crippen LogP contribution in [0.1, 0.15) is 62.5 Å². The highest BCUT2D eigenvalue weighted by Gasteiger charge is 2.31. The molecule has 2 aliphatic rings. The predicted octanol–water partition coefficient (Wildman–Crippen LogP) is 4.70. The quantitative estimate of drug-likeness (QED) is 0.459. The van der Waals surface area contributed by atoms with Gasteiger partial charge in [0, 0.05) is 31.3 Å². The van der Waals surface area contributed by atoms with Gasteiger partial charge in [0.05, 0.1) is 0 Å². The molecule has 3 unspecified atom stereocenters. The normalized spacial score (nSPS) is 19.5. The number of benzene rings is 2. The van der Waals surface area contributed by atoms with Crippen molar-refractivity contribution in [2.45, 2.75) is 57.4 Å². The highest BCUT2D eigenvalue weighted by molar-refractivity contribution is 5.79. The second-order valence-electron chi connectivity index (χ2n) is 9.89. The number of alkyl carbamates (subject to hydrolysis) is 1. The van der Waals surface area contributed by atoms with Gasteiger partial charge in [0.1, 0.15) is 6.61 Å². The number of carbonyl (C=O) groups excluding carboxylic acids is 2. The van der Waals surface area contributed by atoms with E-state index < -0.39 is 12.1 Å². The standard InChI is InChI=1S/C28H34N2O5/c1-18(14-27(32)33)12-13-29-26(31)16-19-10-11-20(15-19)30-28(34)35-17-25-23-8-4-2-6-21(23)22-7-3-5-9-24(22)25/h2-9,18-20,25H,10-17H2,1H3,(H,29,31)(H,30,34)(H,32,33). The first-order valence-electron chi connectivity index (χ1n) is 12.5. The van der Waals surface area contributed by atoms with Gasteiger partial charge in [0.15, 0.2) is 0 Å². The van der Waals surface area contributed by atoms with Crippen molar-refractivity contribution in [3.05, 3.63) is 59.7 Å². The Labute approximate surface area is 206 Å². The first-order valence-corrected chi connectivity index (χ1v) is 12.5. The summed E-state index contributed by atoms with van der Waals surface area (Å²) in [5, 5.41) is 14.7. The topological polar surface area (TPSA) is 105 Å². The van der Waals surface area contributed by atoms with Crippen molar-refractivity contribution < 1.29 is 24.2 Å². The third-order valence-electron chi connectivity index (χ3n) is 7.16. The van der Waals surface area contributed by atoms with E-state index in [-0.39, 0.29) is 36.1 Å². The smallest absolute Gasteiger partial charge is 0.407 e. The summed E-state index contributed by atoms with van der Waals surface area (Å²) in [5.41, 5.74) is 4.77. The van der Waals surface area contributed by atoms with E-state index in [9.17, 15) is 14.4 Å². The van der Waals surface area contributed by atoms with E-state index in [0.717, 1.165) is 19.3 Å². The van der Waals surface area contributed by atoms with Gasteiger partial charge in [0.25, 0.3) is 0 Å². The first-order chi connectivity index (χ1) is 16.9. The molecule has 1 fully saturated rings. The van der Waals surface area contributed by atoms with Gasteiger partial charge < -0.3 is 20.5 Å². The van der Waals surface area contributed by atoms with Gasteiger partial charge in [-0.2, -0.15) is 0 Å². The molecule has 0 radical (unpaired) electrons. The summed E-state index contributed by atoms with van der Waals surface area (Å²) in [4.78, 5) is 35.5. The van der Waals surface area contributed by atoms with Crippen LogP contribution in [0.2, 0.25) is 0 Å². The average molecular weight is 479 g/mol. The molecular formula is C28H34N2O5. The summed E-state index contributed by atoms with van der Waals surface area (Å²) in [7, 11) is 0. The molecule has 1 saturated carbocycles. The van der Waals surface area contributed by atoms with Gasteiger partial charge in [-0.1, -0.05) is 55.5 Å². The zero-order chi connectivity index (χ0) is 24.8. The Morgan fingerprint density at radius 1 is 1.03 bits per heavy atom. The monoisotopic (exact) mass is 478 g/mol. The van der Waals surface area contributed by atoms with Crippen LogP contribution < -0.4 is 10.6 Å². The van der Waals surface area contributed by atoms with Crippen molar-refractivity contribution in [3.63, 3.8) is 0 Å². The molecule has 2 amide bonds. The molecule has 186 valence electrons. The third kappa shape index (κ3) is 6.41. The van der Waals surface area contributed by atoms with E-state index in [1.165, 1.54) is 22.3 Å². The maximum Gasteiger partial charge on any atom is 0.407 e. The number of fused-ring (bicyclic) bond motifs is 3. The molecule has 0 saturated heterocycles. The molecule has 0 bridgehead atoms. The third-order valence-corrected chi connectivity index (χ3v) is 7.16. The molecule has 0 aromatic heterocycles. The Morgan fingerprint density at radius 2 is 1.69 bits per heavy atom. The predicted molar refractivity (Wildman–Crippen MR) is 133 cm³/mol. The minimum atomic E-state index is -0.815. The van der Waals surface area contributed by atoms with Gasteiger partial charge >= 0.3 is 12.1 Å². The fourth-order valence-electron chi connectivity index (χ4n) is 5.39. The van der Waals surface area contributed by atoms with E-state index in [1.807, 2.05) is 31.2 Å². The van der Waals surface area contributed by atoms with Crippen LogP contribution in [-0.4, -0.2) is 42.3 Å². The zero-order valence-corrected chi connectivity index (χ0v) is 20.2. The van der Waals surface area contributed by atoms with Gasteiger partial charge in [0.2, 0.25) is 5.91 Å². The number of hydrogen-bond acceptors (Lipinski definition) is 4. The summed E-state index contributed by atoms with van der Waals surface area (Å²) in [5.74, 6) is -0.536. The van der Waals surface area contributed by atoms with E-state index in [0.29, 0.717) is 26.0 Å². The number of nitrogens with one attached hydrogen (secondary N) is 2. The summed E-state index contributed by atoms with van der Waals surface area (Å²) in [6.07, 6.45) is 3.25. The minimum Gasteiger partial charge on any atom is -0.481 e. The molecule has 7 nitrogen and oxygen atoms in total. The van der Waals surface area contributed by atoms with Crippen LogP contribution >= 0.6 is 0 Å². The molecule has 0 heterocycles. The second kappa shape index (κ2) is 11.4. The largest absolute Gasteiger partial charge is 0.481 e. The van der Waals surface area contributed by atoms with E-state index in [1.54, 1.807) is 0 Å². The van der Waals surface area contributed by atoms with Crippen LogP contribution in [0.3, 0.4) is 0 Å². The lowest BCUT2D eigenvalue weighted by Crippen LogP contribution is -2.34. The molecular weight excluding hydrogens is 444 g/mol. The molecule has 7 heteroatoms. The maximum atomic E-state index is 12.5. The Morgan fingerprint density at radius 3 is 2.34 bits per heavy atom. The lowest BCUT2D eigenvalue weighted by atomic mass is 9.98. The van der Waals surface area contributed by atoms with Crippen LogP contribution in [0.5, 0.6) is 0 Å². The Hall–Kier alpha value is -3.35. The van der Waals surface area contributed by atoms with Crippen molar-refractivity contribution in [2.75, 3.05) is 13.2 Å². The molecule has 2 aromatic carbocycles. The summed E-state index contributed by atoms with van der Waals surface area (Å²) >= 11 is 0. The molecule has 35 heavy (non-hydrogen) atoms. The number of aliphatic carboxylic acids is 1. The number of amides is 2. The van der Waals surface area contributed by atoms with Crippen LogP contribution in [0, 0.1) is 11.8 Å². The molecule has 0 aliphatic heterocycles. The summed E-state index contributed by atoms with van der Waals surface area (Å²) < 4.78 is 5.65. The minimum absolute atomic E-state index is 0.0130. The molecule has 2 aliphatic carbocycles. The van der Waals surface area contributed by atoms with Crippen molar-refractivity contribution >= 4 is 18.0 Å². The van der Waals surface area contributed by atoms with Crippen molar-refractivity contribution in [1.82, 2.24) is 10.6 Å². The number of carbonyl (C=O) groups is 3. The Balaban J connectivity index is 1.19.